The molecule has 1 aromatic carbocycles. The van der Waals surface area contributed by atoms with E-state index in [4.69, 9.17) is 11.6 Å². The molecule has 16 heavy (non-hydrogen) atoms. The van der Waals surface area contributed by atoms with Crippen molar-refractivity contribution in [2.45, 2.75) is 18.8 Å². The van der Waals surface area contributed by atoms with Crippen LogP contribution in [-0.4, -0.2) is 9.55 Å². The van der Waals surface area contributed by atoms with Crippen LogP contribution in [0.1, 0.15) is 11.3 Å². The molecular formula is C12H14Cl2N2. The van der Waals surface area contributed by atoms with Gasteiger partial charge in [-0.2, -0.15) is 0 Å². The number of aromatic nitrogens is 2. The summed E-state index contributed by atoms with van der Waals surface area (Å²) in [6.07, 6.45) is 4.67. The van der Waals surface area contributed by atoms with Crippen molar-refractivity contribution < 1.29 is 0 Å². The summed E-state index contributed by atoms with van der Waals surface area (Å²) < 4.78 is 2.10. The minimum Gasteiger partial charge on any atom is -0.333 e. The number of halogens is 2. The van der Waals surface area contributed by atoms with E-state index in [1.807, 2.05) is 18.6 Å². The number of hydrogen-bond donors (Lipinski definition) is 0. The standard InChI is InChI=1S/C12H13ClN2.ClH/c13-8-12-9-14-10-15(12)7-6-11-4-2-1-3-5-11;/h1-5,9-10H,6-8H2;1H. The third-order valence-corrected chi connectivity index (χ3v) is 2.69. The number of nitrogens with zero attached hydrogens (tertiary/aromatic N) is 2. The molecule has 86 valence electrons. The molecule has 2 rings (SSSR count). The molecule has 0 aliphatic rings. The fourth-order valence-electron chi connectivity index (χ4n) is 1.55. The van der Waals surface area contributed by atoms with Crippen LogP contribution in [-0.2, 0) is 18.8 Å². The van der Waals surface area contributed by atoms with Crippen molar-refractivity contribution in [2.24, 2.45) is 0 Å². The number of rotatable bonds is 4. The van der Waals surface area contributed by atoms with Gasteiger partial charge in [-0.25, -0.2) is 4.98 Å². The van der Waals surface area contributed by atoms with Crippen molar-refractivity contribution >= 4 is 24.0 Å². The largest absolute Gasteiger partial charge is 0.333 e. The predicted molar refractivity (Wildman–Crippen MR) is 69.2 cm³/mol. The van der Waals surface area contributed by atoms with Crippen LogP contribution in [0.25, 0.3) is 0 Å². The minimum atomic E-state index is 0. The second kappa shape index (κ2) is 6.56. The molecule has 1 aromatic heterocycles. The Balaban J connectivity index is 0.00000128. The molecule has 0 amide bonds. The van der Waals surface area contributed by atoms with Gasteiger partial charge in [0.25, 0.3) is 0 Å². The Bertz CT molecular complexity index is 412. The van der Waals surface area contributed by atoms with Gasteiger partial charge in [0.1, 0.15) is 0 Å². The average molecular weight is 257 g/mol. The van der Waals surface area contributed by atoms with Crippen molar-refractivity contribution in [2.75, 3.05) is 0 Å². The maximum atomic E-state index is 5.79. The first-order chi connectivity index (χ1) is 7.40. The molecule has 0 N–H and O–H groups in total. The number of alkyl halides is 1. The summed E-state index contributed by atoms with van der Waals surface area (Å²) in [6, 6.07) is 10.4. The van der Waals surface area contributed by atoms with Crippen molar-refractivity contribution in [1.82, 2.24) is 9.55 Å². The first kappa shape index (κ1) is 13.1. The summed E-state index contributed by atoms with van der Waals surface area (Å²) in [7, 11) is 0. The molecule has 4 heteroatoms. The fraction of sp³-hybridized carbons (Fsp3) is 0.250. The average Bonchev–Trinajstić information content (AvgIpc) is 2.75. The fourth-order valence-corrected chi connectivity index (χ4v) is 1.78. The van der Waals surface area contributed by atoms with Gasteiger partial charge in [-0.15, -0.1) is 24.0 Å². The van der Waals surface area contributed by atoms with Gasteiger partial charge < -0.3 is 4.57 Å². The summed E-state index contributed by atoms with van der Waals surface area (Å²) in [5, 5.41) is 0. The second-order valence-corrected chi connectivity index (χ2v) is 3.71. The van der Waals surface area contributed by atoms with Crippen molar-refractivity contribution in [1.29, 1.82) is 0 Å². The van der Waals surface area contributed by atoms with E-state index in [0.29, 0.717) is 5.88 Å². The van der Waals surface area contributed by atoms with Gasteiger partial charge in [-0.05, 0) is 12.0 Å². The Morgan fingerprint density at radius 3 is 2.62 bits per heavy atom. The number of imidazole rings is 1. The zero-order valence-electron chi connectivity index (χ0n) is 8.84. The molecule has 0 saturated heterocycles. The smallest absolute Gasteiger partial charge is 0.0948 e. The van der Waals surface area contributed by atoms with E-state index in [-0.39, 0.29) is 12.4 Å². The molecule has 0 aliphatic heterocycles. The van der Waals surface area contributed by atoms with E-state index in [1.54, 1.807) is 0 Å². The highest BCUT2D eigenvalue weighted by atomic mass is 35.5. The van der Waals surface area contributed by atoms with E-state index in [9.17, 15) is 0 Å². The number of aryl methyl sites for hydroxylation is 2. The maximum Gasteiger partial charge on any atom is 0.0948 e. The molecule has 0 fully saturated rings. The van der Waals surface area contributed by atoms with Crippen molar-refractivity contribution in [3.8, 4) is 0 Å². The first-order valence-electron chi connectivity index (χ1n) is 4.99. The summed E-state index contributed by atoms with van der Waals surface area (Å²) in [5.74, 6) is 0.523. The van der Waals surface area contributed by atoms with Gasteiger partial charge in [0.15, 0.2) is 0 Å². The lowest BCUT2D eigenvalue weighted by atomic mass is 10.1. The zero-order chi connectivity index (χ0) is 10.5. The summed E-state index contributed by atoms with van der Waals surface area (Å²) in [6.45, 7) is 0.937. The topological polar surface area (TPSA) is 17.8 Å². The highest BCUT2D eigenvalue weighted by Crippen LogP contribution is 2.06. The Hall–Kier alpha value is -0.990. The lowest BCUT2D eigenvalue weighted by Crippen LogP contribution is -2.02. The Labute approximate surface area is 107 Å². The van der Waals surface area contributed by atoms with Gasteiger partial charge in [0.2, 0.25) is 0 Å². The van der Waals surface area contributed by atoms with E-state index < -0.39 is 0 Å². The maximum absolute atomic E-state index is 5.79. The van der Waals surface area contributed by atoms with Crippen LogP contribution in [0.2, 0.25) is 0 Å². The van der Waals surface area contributed by atoms with Gasteiger partial charge in [-0.1, -0.05) is 30.3 Å². The van der Waals surface area contributed by atoms with E-state index in [2.05, 4.69) is 33.8 Å². The lowest BCUT2D eigenvalue weighted by molar-refractivity contribution is 0.674. The molecular weight excluding hydrogens is 243 g/mol. The zero-order valence-corrected chi connectivity index (χ0v) is 10.4. The molecule has 1 heterocycles. The highest BCUT2D eigenvalue weighted by Gasteiger charge is 2.00. The van der Waals surface area contributed by atoms with Crippen LogP contribution in [0.4, 0.5) is 0 Å². The van der Waals surface area contributed by atoms with Gasteiger partial charge in [-0.3, -0.25) is 0 Å². The first-order valence-corrected chi connectivity index (χ1v) is 5.52. The number of hydrogen-bond acceptors (Lipinski definition) is 1. The second-order valence-electron chi connectivity index (χ2n) is 3.45. The van der Waals surface area contributed by atoms with Crippen LogP contribution < -0.4 is 0 Å². The van der Waals surface area contributed by atoms with Crippen LogP contribution in [0, 0.1) is 0 Å². The monoisotopic (exact) mass is 256 g/mol. The molecule has 0 bridgehead atoms. The summed E-state index contributed by atoms with van der Waals surface area (Å²) >= 11 is 5.79. The van der Waals surface area contributed by atoms with E-state index in [0.717, 1.165) is 18.7 Å². The Kier molecular flexibility index (Phi) is 5.36. The molecule has 2 aromatic rings. The highest BCUT2D eigenvalue weighted by molar-refractivity contribution is 6.16. The van der Waals surface area contributed by atoms with Crippen LogP contribution >= 0.6 is 24.0 Å². The predicted octanol–water partition coefficient (Wildman–Crippen LogP) is 3.29. The lowest BCUT2D eigenvalue weighted by Gasteiger charge is -2.05. The van der Waals surface area contributed by atoms with Crippen LogP contribution in [0.3, 0.4) is 0 Å². The molecule has 0 saturated carbocycles. The normalized spacial score (nSPS) is 9.81. The molecule has 0 aliphatic carbocycles. The van der Waals surface area contributed by atoms with Crippen LogP contribution in [0.15, 0.2) is 42.9 Å². The molecule has 0 spiro atoms. The number of benzene rings is 1. The quantitative estimate of drug-likeness (QED) is 0.768. The van der Waals surface area contributed by atoms with Crippen LogP contribution in [0.5, 0.6) is 0 Å². The SMILES string of the molecule is Cl.ClCc1cncn1CCc1ccccc1. The molecule has 0 radical (unpaired) electrons. The molecule has 2 nitrogen and oxygen atoms in total. The van der Waals surface area contributed by atoms with E-state index >= 15 is 0 Å². The molecule has 0 unspecified atom stereocenters. The van der Waals surface area contributed by atoms with Gasteiger partial charge >= 0.3 is 0 Å². The third kappa shape index (κ3) is 3.26. The Morgan fingerprint density at radius 2 is 1.94 bits per heavy atom. The van der Waals surface area contributed by atoms with Crippen molar-refractivity contribution in [3.63, 3.8) is 0 Å². The minimum absolute atomic E-state index is 0. The summed E-state index contributed by atoms with van der Waals surface area (Å²) in [4.78, 5) is 4.08. The van der Waals surface area contributed by atoms with Crippen molar-refractivity contribution in [3.05, 3.63) is 54.1 Å². The van der Waals surface area contributed by atoms with E-state index in [1.165, 1.54) is 5.56 Å². The third-order valence-electron chi connectivity index (χ3n) is 2.42. The van der Waals surface area contributed by atoms with Gasteiger partial charge in [0.05, 0.1) is 17.9 Å². The Morgan fingerprint density at radius 1 is 1.19 bits per heavy atom. The summed E-state index contributed by atoms with van der Waals surface area (Å²) in [5.41, 5.74) is 2.42. The molecule has 0 atom stereocenters. The van der Waals surface area contributed by atoms with Gasteiger partial charge in [0, 0.05) is 12.7 Å².